The van der Waals surface area contributed by atoms with Gasteiger partial charge in [0.2, 0.25) is 5.13 Å². The average molecular weight is 444 g/mol. The minimum absolute atomic E-state index is 0.208. The summed E-state index contributed by atoms with van der Waals surface area (Å²) in [5.41, 5.74) is 5.49. The second kappa shape index (κ2) is 9.32. The van der Waals surface area contributed by atoms with Crippen molar-refractivity contribution < 1.29 is 9.53 Å². The van der Waals surface area contributed by atoms with Gasteiger partial charge < -0.3 is 4.74 Å². The summed E-state index contributed by atoms with van der Waals surface area (Å²) in [6.45, 7) is 8.56. The maximum atomic E-state index is 13.5. The highest BCUT2D eigenvalue weighted by atomic mass is 32.1. The first-order valence-electron chi connectivity index (χ1n) is 10.5. The number of amides is 1. The number of benzene rings is 3. The number of hydrazone groups is 1. The van der Waals surface area contributed by atoms with Gasteiger partial charge in [0.15, 0.2) is 0 Å². The summed E-state index contributed by atoms with van der Waals surface area (Å²) < 4.78 is 6.52. The van der Waals surface area contributed by atoms with Crippen molar-refractivity contribution in [3.8, 4) is 5.75 Å². The first-order chi connectivity index (χ1) is 15.4. The lowest BCUT2D eigenvalue weighted by Gasteiger charge is -2.15. The quantitative estimate of drug-likeness (QED) is 0.259. The number of carbonyl (C=O) groups excluding carboxylic acids is 1. The molecule has 0 N–H and O–H groups in total. The maximum absolute atomic E-state index is 13.5. The maximum Gasteiger partial charge on any atom is 0.281 e. The molecule has 0 unspecified atom stereocenters. The molecule has 6 heteroatoms. The van der Waals surface area contributed by atoms with E-state index in [0.717, 1.165) is 38.2 Å². The molecule has 0 aliphatic heterocycles. The average Bonchev–Trinajstić information content (AvgIpc) is 3.18. The number of ether oxygens (including phenoxy) is 1. The molecule has 0 saturated heterocycles. The molecule has 4 rings (SSSR count). The van der Waals surface area contributed by atoms with Crippen LogP contribution in [0, 0.1) is 20.8 Å². The molecule has 0 fully saturated rings. The summed E-state index contributed by atoms with van der Waals surface area (Å²) in [6, 6.07) is 19.5. The molecule has 0 aliphatic carbocycles. The molecule has 0 bridgehead atoms. The molecule has 0 saturated carbocycles. The molecule has 0 aliphatic rings. The highest BCUT2D eigenvalue weighted by molar-refractivity contribution is 7.22. The first kappa shape index (κ1) is 21.7. The van der Waals surface area contributed by atoms with Gasteiger partial charge in [-0.2, -0.15) is 10.1 Å². The van der Waals surface area contributed by atoms with E-state index in [-0.39, 0.29) is 5.91 Å². The Morgan fingerprint density at radius 3 is 2.47 bits per heavy atom. The molecule has 0 spiro atoms. The van der Waals surface area contributed by atoms with Crippen LogP contribution in [-0.2, 0) is 0 Å². The van der Waals surface area contributed by atoms with E-state index in [1.165, 1.54) is 16.3 Å². The Balaban J connectivity index is 1.73. The minimum atomic E-state index is -0.208. The molecule has 4 aromatic rings. The predicted molar refractivity (Wildman–Crippen MR) is 132 cm³/mol. The zero-order valence-electron chi connectivity index (χ0n) is 18.6. The lowest BCUT2D eigenvalue weighted by Crippen LogP contribution is -2.26. The number of hydrogen-bond acceptors (Lipinski definition) is 5. The molecule has 3 aromatic carbocycles. The van der Waals surface area contributed by atoms with Crippen LogP contribution in [0.5, 0.6) is 5.75 Å². The number of hydrogen-bond donors (Lipinski definition) is 0. The molecular formula is C26H25N3O2S. The van der Waals surface area contributed by atoms with Crippen LogP contribution >= 0.6 is 11.3 Å². The zero-order valence-corrected chi connectivity index (χ0v) is 19.4. The lowest BCUT2D eigenvalue weighted by atomic mass is 10.1. The van der Waals surface area contributed by atoms with Crippen molar-refractivity contribution in [3.05, 3.63) is 88.5 Å². The highest BCUT2D eigenvalue weighted by Gasteiger charge is 2.22. The largest absolute Gasteiger partial charge is 0.494 e. The Kier molecular flexibility index (Phi) is 6.32. The normalized spacial score (nSPS) is 11.2. The number of anilines is 1. The second-order valence-electron chi connectivity index (χ2n) is 7.65. The van der Waals surface area contributed by atoms with Gasteiger partial charge in [-0.25, -0.2) is 4.98 Å². The van der Waals surface area contributed by atoms with Crippen molar-refractivity contribution in [3.63, 3.8) is 0 Å². The van der Waals surface area contributed by atoms with Gasteiger partial charge in [-0.3, -0.25) is 4.79 Å². The third-order valence-corrected chi connectivity index (χ3v) is 6.03. The number of carbonyl (C=O) groups is 1. The van der Waals surface area contributed by atoms with Crippen LogP contribution in [0.4, 0.5) is 5.13 Å². The molecule has 32 heavy (non-hydrogen) atoms. The van der Waals surface area contributed by atoms with E-state index in [4.69, 9.17) is 4.74 Å². The van der Waals surface area contributed by atoms with Crippen LogP contribution in [-0.4, -0.2) is 23.7 Å². The molecule has 162 valence electrons. The van der Waals surface area contributed by atoms with Gasteiger partial charge in [-0.05, 0) is 86.8 Å². The number of thiazole rings is 1. The van der Waals surface area contributed by atoms with Crippen LogP contribution in [0.2, 0.25) is 0 Å². The van der Waals surface area contributed by atoms with Crippen molar-refractivity contribution in [2.75, 3.05) is 11.6 Å². The fourth-order valence-electron chi connectivity index (χ4n) is 3.41. The summed E-state index contributed by atoms with van der Waals surface area (Å²) in [6.07, 6.45) is 1.68. The smallest absolute Gasteiger partial charge is 0.281 e. The Bertz CT molecular complexity index is 1290. The van der Waals surface area contributed by atoms with Crippen molar-refractivity contribution in [2.45, 2.75) is 27.7 Å². The highest BCUT2D eigenvalue weighted by Crippen LogP contribution is 2.31. The van der Waals surface area contributed by atoms with Gasteiger partial charge in [0, 0.05) is 5.56 Å². The van der Waals surface area contributed by atoms with Gasteiger partial charge >= 0.3 is 0 Å². The molecule has 1 heterocycles. The summed E-state index contributed by atoms with van der Waals surface area (Å²) >= 11 is 1.46. The summed E-state index contributed by atoms with van der Waals surface area (Å²) in [7, 11) is 0. The summed E-state index contributed by atoms with van der Waals surface area (Å²) in [5, 5.41) is 6.50. The fraction of sp³-hybridized carbons (Fsp3) is 0.192. The van der Waals surface area contributed by atoms with Gasteiger partial charge in [0.05, 0.1) is 23.0 Å². The van der Waals surface area contributed by atoms with Crippen LogP contribution < -0.4 is 9.75 Å². The topological polar surface area (TPSA) is 54.8 Å². The summed E-state index contributed by atoms with van der Waals surface area (Å²) in [5.74, 6) is 0.592. The van der Waals surface area contributed by atoms with Crippen LogP contribution in [0.1, 0.15) is 39.5 Å². The van der Waals surface area contributed by atoms with E-state index in [1.807, 2.05) is 82.3 Å². The minimum Gasteiger partial charge on any atom is -0.494 e. The number of fused-ring (bicyclic) bond motifs is 1. The third-order valence-electron chi connectivity index (χ3n) is 5.03. The van der Waals surface area contributed by atoms with Crippen molar-refractivity contribution >= 4 is 38.8 Å². The van der Waals surface area contributed by atoms with E-state index in [2.05, 4.69) is 16.2 Å². The molecular weight excluding hydrogens is 418 g/mol. The number of nitrogens with zero attached hydrogens (tertiary/aromatic N) is 3. The van der Waals surface area contributed by atoms with Crippen molar-refractivity contribution in [2.24, 2.45) is 5.10 Å². The Morgan fingerprint density at radius 1 is 1.03 bits per heavy atom. The Hall–Kier alpha value is -3.51. The van der Waals surface area contributed by atoms with Crippen molar-refractivity contribution in [1.29, 1.82) is 0 Å². The Morgan fingerprint density at radius 2 is 1.75 bits per heavy atom. The van der Waals surface area contributed by atoms with Crippen LogP contribution in [0.15, 0.2) is 65.8 Å². The van der Waals surface area contributed by atoms with Gasteiger partial charge in [0.25, 0.3) is 5.91 Å². The fourth-order valence-corrected chi connectivity index (χ4v) is 4.43. The molecule has 5 nitrogen and oxygen atoms in total. The van der Waals surface area contributed by atoms with Gasteiger partial charge in [0.1, 0.15) is 5.75 Å². The molecule has 1 amide bonds. The second-order valence-corrected chi connectivity index (χ2v) is 8.66. The van der Waals surface area contributed by atoms with Crippen LogP contribution in [0.3, 0.4) is 0 Å². The molecule has 1 aromatic heterocycles. The van der Waals surface area contributed by atoms with E-state index in [1.54, 1.807) is 6.21 Å². The van der Waals surface area contributed by atoms with E-state index >= 15 is 0 Å². The standard InChI is InChI=1S/C26H25N3O2S/c1-5-31-21-10-8-20(9-11-21)16-27-29(25(30)22-12-6-17(2)14-19(22)4)26-28-23-13-7-18(3)15-24(23)32-26/h6-16H,5H2,1-4H3/b27-16+. The Labute approximate surface area is 192 Å². The zero-order chi connectivity index (χ0) is 22.7. The van der Waals surface area contributed by atoms with Crippen LogP contribution in [0.25, 0.3) is 10.2 Å². The molecule has 0 radical (unpaired) electrons. The third kappa shape index (κ3) is 4.70. The summed E-state index contributed by atoms with van der Waals surface area (Å²) in [4.78, 5) is 18.2. The number of aromatic nitrogens is 1. The van der Waals surface area contributed by atoms with E-state index in [9.17, 15) is 4.79 Å². The molecule has 0 atom stereocenters. The predicted octanol–water partition coefficient (Wildman–Crippen LogP) is 6.30. The van der Waals surface area contributed by atoms with E-state index < -0.39 is 0 Å². The SMILES string of the molecule is CCOc1ccc(/C=N/N(C(=O)c2ccc(C)cc2C)c2nc3ccc(C)cc3s2)cc1. The monoisotopic (exact) mass is 443 g/mol. The van der Waals surface area contributed by atoms with Gasteiger partial charge in [-0.15, -0.1) is 0 Å². The first-order valence-corrected chi connectivity index (χ1v) is 11.3. The van der Waals surface area contributed by atoms with Gasteiger partial charge in [-0.1, -0.05) is 35.1 Å². The van der Waals surface area contributed by atoms with E-state index in [0.29, 0.717) is 17.3 Å². The number of rotatable bonds is 6. The lowest BCUT2D eigenvalue weighted by molar-refractivity contribution is 0.0987. The number of aryl methyl sites for hydroxylation is 3. The van der Waals surface area contributed by atoms with Crippen molar-refractivity contribution in [1.82, 2.24) is 4.98 Å².